The van der Waals surface area contributed by atoms with Crippen molar-refractivity contribution >= 4 is 23.1 Å². The summed E-state index contributed by atoms with van der Waals surface area (Å²) in [5, 5.41) is 13.9. The summed E-state index contributed by atoms with van der Waals surface area (Å²) in [6, 6.07) is 16.0. The van der Waals surface area contributed by atoms with Crippen molar-refractivity contribution < 1.29 is 0 Å². The van der Waals surface area contributed by atoms with Gasteiger partial charge in [0.15, 0.2) is 0 Å². The third-order valence-corrected chi connectivity index (χ3v) is 5.16. The highest BCUT2D eigenvalue weighted by molar-refractivity contribution is 6.33. The van der Waals surface area contributed by atoms with Crippen LogP contribution >= 0.6 is 11.6 Å². The summed E-state index contributed by atoms with van der Waals surface area (Å²) in [6.07, 6.45) is 6.06. The molecule has 2 heterocycles. The van der Waals surface area contributed by atoms with Gasteiger partial charge in [0.05, 0.1) is 5.02 Å². The first-order valence-corrected chi connectivity index (χ1v) is 9.09. The highest BCUT2D eigenvalue weighted by Crippen LogP contribution is 2.35. The van der Waals surface area contributed by atoms with E-state index < -0.39 is 0 Å². The number of aromatic nitrogens is 2. The average Bonchev–Trinajstić information content (AvgIpc) is 3.01. The van der Waals surface area contributed by atoms with Crippen LogP contribution in [-0.4, -0.2) is 15.4 Å². The molecule has 0 spiro atoms. The zero-order valence-corrected chi connectivity index (χ0v) is 14.6. The molecular weight excluding hydrogens is 332 g/mol. The molecule has 0 unspecified atom stereocenters. The van der Waals surface area contributed by atoms with Crippen LogP contribution in [0.2, 0.25) is 5.02 Å². The van der Waals surface area contributed by atoms with Crippen molar-refractivity contribution in [3.63, 3.8) is 0 Å². The number of rotatable bonds is 3. The number of halogens is 1. The standard InChI is InChI=1S/C20H19ClN4/c21-17-11-5-4-10-16(17)19-20(23-14-7-2-1-3-8-14)25-15(13-22)9-6-12-18(25)24-19/h4-6,9-12,14,23H,1-3,7-8H2. The molecule has 4 nitrogen and oxygen atoms in total. The monoisotopic (exact) mass is 350 g/mol. The van der Waals surface area contributed by atoms with Gasteiger partial charge in [0, 0.05) is 11.6 Å². The fraction of sp³-hybridized carbons (Fsp3) is 0.300. The second kappa shape index (κ2) is 6.78. The molecule has 1 aliphatic carbocycles. The van der Waals surface area contributed by atoms with Gasteiger partial charge in [-0.05, 0) is 31.0 Å². The van der Waals surface area contributed by atoms with Crippen molar-refractivity contribution in [2.75, 3.05) is 5.32 Å². The van der Waals surface area contributed by atoms with Crippen LogP contribution in [0.1, 0.15) is 37.8 Å². The van der Waals surface area contributed by atoms with Crippen molar-refractivity contribution in [3.05, 3.63) is 53.2 Å². The first-order valence-electron chi connectivity index (χ1n) is 8.71. The lowest BCUT2D eigenvalue weighted by Crippen LogP contribution is -2.23. The lowest BCUT2D eigenvalue weighted by molar-refractivity contribution is 0.461. The molecule has 1 aliphatic rings. The van der Waals surface area contributed by atoms with E-state index in [-0.39, 0.29) is 0 Å². The van der Waals surface area contributed by atoms with Crippen LogP contribution in [0.4, 0.5) is 5.82 Å². The molecule has 0 aliphatic heterocycles. The molecule has 0 bridgehead atoms. The Kier molecular flexibility index (Phi) is 4.33. The van der Waals surface area contributed by atoms with Crippen molar-refractivity contribution in [3.8, 4) is 17.3 Å². The Balaban J connectivity index is 1.91. The van der Waals surface area contributed by atoms with Crippen molar-refractivity contribution in [1.29, 1.82) is 5.26 Å². The topological polar surface area (TPSA) is 53.1 Å². The van der Waals surface area contributed by atoms with Crippen LogP contribution in [0.5, 0.6) is 0 Å². The second-order valence-electron chi connectivity index (χ2n) is 6.48. The molecule has 5 heteroatoms. The summed E-state index contributed by atoms with van der Waals surface area (Å²) >= 11 is 6.43. The lowest BCUT2D eigenvalue weighted by atomic mass is 9.95. The number of hydrogen-bond acceptors (Lipinski definition) is 3. The van der Waals surface area contributed by atoms with E-state index in [2.05, 4.69) is 11.4 Å². The first-order chi connectivity index (χ1) is 12.3. The van der Waals surface area contributed by atoms with Crippen molar-refractivity contribution in [2.24, 2.45) is 0 Å². The highest BCUT2D eigenvalue weighted by Gasteiger charge is 2.22. The van der Waals surface area contributed by atoms with Crippen LogP contribution in [-0.2, 0) is 0 Å². The maximum Gasteiger partial charge on any atom is 0.140 e. The summed E-state index contributed by atoms with van der Waals surface area (Å²) in [5.41, 5.74) is 3.02. The minimum Gasteiger partial charge on any atom is -0.367 e. The fourth-order valence-corrected chi connectivity index (χ4v) is 3.82. The van der Waals surface area contributed by atoms with E-state index in [1.54, 1.807) is 0 Å². The van der Waals surface area contributed by atoms with E-state index >= 15 is 0 Å². The third kappa shape index (κ3) is 2.96. The van der Waals surface area contributed by atoms with E-state index in [1.807, 2.05) is 46.9 Å². The zero-order chi connectivity index (χ0) is 17.2. The number of hydrogen-bond donors (Lipinski definition) is 1. The molecule has 0 amide bonds. The number of nitrogens with one attached hydrogen (secondary N) is 1. The maximum absolute atomic E-state index is 9.55. The highest BCUT2D eigenvalue weighted by atomic mass is 35.5. The molecule has 0 atom stereocenters. The lowest BCUT2D eigenvalue weighted by Gasteiger charge is -2.24. The van der Waals surface area contributed by atoms with Crippen molar-refractivity contribution in [1.82, 2.24) is 9.38 Å². The van der Waals surface area contributed by atoms with Gasteiger partial charge in [0.2, 0.25) is 0 Å². The number of nitriles is 1. The third-order valence-electron chi connectivity index (χ3n) is 4.83. The average molecular weight is 351 g/mol. The fourth-order valence-electron chi connectivity index (χ4n) is 3.59. The Morgan fingerprint density at radius 2 is 1.88 bits per heavy atom. The SMILES string of the molecule is N#Cc1cccc2nc(-c3ccccc3Cl)c(NC3CCCCC3)n12. The van der Waals surface area contributed by atoms with E-state index in [1.165, 1.54) is 19.3 Å². The van der Waals surface area contributed by atoms with Gasteiger partial charge in [-0.2, -0.15) is 5.26 Å². The molecule has 3 aromatic rings. The van der Waals surface area contributed by atoms with Gasteiger partial charge >= 0.3 is 0 Å². The number of anilines is 1. The molecule has 1 N–H and O–H groups in total. The molecule has 1 aromatic carbocycles. The zero-order valence-electron chi connectivity index (χ0n) is 13.9. The van der Waals surface area contributed by atoms with Crippen molar-refractivity contribution in [2.45, 2.75) is 38.1 Å². The van der Waals surface area contributed by atoms with Gasteiger partial charge in [0.1, 0.15) is 28.9 Å². The Labute approximate surface area is 152 Å². The Hall–Kier alpha value is -2.51. The van der Waals surface area contributed by atoms with Crippen LogP contribution in [0, 0.1) is 11.3 Å². The predicted octanol–water partition coefficient (Wildman–Crippen LogP) is 5.27. The molecule has 126 valence electrons. The second-order valence-corrected chi connectivity index (χ2v) is 6.89. The molecule has 0 radical (unpaired) electrons. The smallest absolute Gasteiger partial charge is 0.140 e. The van der Waals surface area contributed by atoms with Crippen LogP contribution in [0.15, 0.2) is 42.5 Å². The largest absolute Gasteiger partial charge is 0.367 e. The van der Waals surface area contributed by atoms with Gasteiger partial charge in [-0.1, -0.05) is 55.1 Å². The Morgan fingerprint density at radius 1 is 1.08 bits per heavy atom. The number of fused-ring (bicyclic) bond motifs is 1. The van der Waals surface area contributed by atoms with Gasteiger partial charge in [-0.3, -0.25) is 4.40 Å². The van der Waals surface area contributed by atoms with Gasteiger partial charge < -0.3 is 5.32 Å². The van der Waals surface area contributed by atoms with Crippen LogP contribution in [0.25, 0.3) is 16.9 Å². The summed E-state index contributed by atoms with van der Waals surface area (Å²) in [6.45, 7) is 0. The van der Waals surface area contributed by atoms with Gasteiger partial charge in [0.25, 0.3) is 0 Å². The van der Waals surface area contributed by atoms with Crippen LogP contribution in [0.3, 0.4) is 0 Å². The number of benzene rings is 1. The summed E-state index contributed by atoms with van der Waals surface area (Å²) < 4.78 is 1.91. The van der Waals surface area contributed by atoms with Gasteiger partial charge in [-0.15, -0.1) is 0 Å². The molecule has 25 heavy (non-hydrogen) atoms. The Bertz CT molecular complexity index is 948. The summed E-state index contributed by atoms with van der Waals surface area (Å²) in [4.78, 5) is 4.78. The first kappa shape index (κ1) is 16.0. The number of pyridine rings is 1. The van der Waals surface area contributed by atoms with E-state index in [0.29, 0.717) is 16.8 Å². The summed E-state index contributed by atoms with van der Waals surface area (Å²) in [7, 11) is 0. The molecule has 1 saturated carbocycles. The molecule has 2 aromatic heterocycles. The normalized spacial score (nSPS) is 15.2. The minimum absolute atomic E-state index is 0.404. The van der Waals surface area contributed by atoms with E-state index in [0.717, 1.165) is 35.6 Å². The molecule has 0 saturated heterocycles. The van der Waals surface area contributed by atoms with E-state index in [4.69, 9.17) is 16.6 Å². The Morgan fingerprint density at radius 3 is 2.64 bits per heavy atom. The van der Waals surface area contributed by atoms with E-state index in [9.17, 15) is 5.26 Å². The number of imidazole rings is 1. The molecule has 1 fully saturated rings. The molecule has 4 rings (SSSR count). The quantitative estimate of drug-likeness (QED) is 0.700. The number of nitrogens with zero attached hydrogens (tertiary/aromatic N) is 3. The van der Waals surface area contributed by atoms with Gasteiger partial charge in [-0.25, -0.2) is 4.98 Å². The summed E-state index contributed by atoms with van der Waals surface area (Å²) in [5.74, 6) is 0.868. The minimum atomic E-state index is 0.404. The molecular formula is C20H19ClN4. The van der Waals surface area contributed by atoms with Crippen LogP contribution < -0.4 is 5.32 Å². The predicted molar refractivity (Wildman–Crippen MR) is 101 cm³/mol. The maximum atomic E-state index is 9.55.